The van der Waals surface area contributed by atoms with E-state index in [1.165, 1.54) is 0 Å². The fraction of sp³-hybridized carbons (Fsp3) is 0.211. The zero-order valence-electron chi connectivity index (χ0n) is 27.0. The number of carbonyl (C=O) groups is 2. The van der Waals surface area contributed by atoms with Crippen molar-refractivity contribution in [2.75, 3.05) is 23.7 Å². The van der Waals surface area contributed by atoms with Gasteiger partial charge in [0.1, 0.15) is 0 Å². The van der Waals surface area contributed by atoms with E-state index in [4.69, 9.17) is 0 Å². The summed E-state index contributed by atoms with van der Waals surface area (Å²) in [6.45, 7) is 5.65. The van der Waals surface area contributed by atoms with Gasteiger partial charge in [0, 0.05) is 61.7 Å². The first-order valence-electron chi connectivity index (χ1n) is 16.0. The Balaban J connectivity index is 1.23. The van der Waals surface area contributed by atoms with Crippen LogP contribution in [0.2, 0.25) is 0 Å². The monoisotopic (exact) mass is 638 g/mol. The average Bonchev–Trinajstić information content (AvgIpc) is 3.13. The molecule has 10 nitrogen and oxygen atoms in total. The summed E-state index contributed by atoms with van der Waals surface area (Å²) in [4.78, 5) is 49.8. The molecule has 0 spiro atoms. The van der Waals surface area contributed by atoms with Crippen LogP contribution in [0.3, 0.4) is 0 Å². The molecule has 2 amide bonds. The number of benzene rings is 2. The molecule has 0 aliphatic rings. The number of hydrogen-bond donors (Lipinski definition) is 2. The Kier molecular flexibility index (Phi) is 10.3. The van der Waals surface area contributed by atoms with E-state index in [1.54, 1.807) is 24.8 Å². The van der Waals surface area contributed by atoms with Crippen molar-refractivity contribution in [2.24, 2.45) is 0 Å². The number of hydrogen-bond acceptors (Lipinski definition) is 8. The van der Waals surface area contributed by atoms with Gasteiger partial charge in [-0.2, -0.15) is 0 Å². The highest BCUT2D eigenvalue weighted by Gasteiger charge is 2.27. The molecule has 0 unspecified atom stereocenters. The summed E-state index contributed by atoms with van der Waals surface area (Å²) in [5, 5.41) is 8.11. The van der Waals surface area contributed by atoms with Gasteiger partial charge in [-0.3, -0.25) is 39.3 Å². The van der Waals surface area contributed by atoms with Crippen molar-refractivity contribution in [2.45, 2.75) is 39.0 Å². The second kappa shape index (κ2) is 15.3. The Morgan fingerprint density at radius 3 is 1.38 bits per heavy atom. The number of fused-ring (bicyclic) bond motifs is 2. The highest BCUT2D eigenvalue weighted by Crippen LogP contribution is 2.23. The second-order valence-corrected chi connectivity index (χ2v) is 11.7. The summed E-state index contributed by atoms with van der Waals surface area (Å²) < 4.78 is 0. The summed E-state index contributed by atoms with van der Waals surface area (Å²) in [5.74, 6) is -0.316. The van der Waals surface area contributed by atoms with Gasteiger partial charge in [0.15, 0.2) is 0 Å². The minimum Gasteiger partial charge on any atom is -0.323 e. The maximum absolute atomic E-state index is 13.8. The molecule has 0 aliphatic carbocycles. The fourth-order valence-electron chi connectivity index (χ4n) is 5.69. The number of rotatable bonds is 13. The predicted molar refractivity (Wildman–Crippen MR) is 189 cm³/mol. The number of carbonyl (C=O) groups excluding carboxylic acids is 2. The fourth-order valence-corrected chi connectivity index (χ4v) is 5.69. The highest BCUT2D eigenvalue weighted by molar-refractivity contribution is 6.03. The lowest BCUT2D eigenvalue weighted by molar-refractivity contribution is -0.123. The van der Waals surface area contributed by atoms with Crippen molar-refractivity contribution in [1.29, 1.82) is 0 Å². The predicted octanol–water partition coefficient (Wildman–Crippen LogP) is 5.93. The third-order valence-corrected chi connectivity index (χ3v) is 8.49. The Hall–Kier alpha value is -5.58. The molecule has 4 aromatic heterocycles. The Labute approximate surface area is 279 Å². The van der Waals surface area contributed by atoms with Gasteiger partial charge in [-0.25, -0.2) is 0 Å². The van der Waals surface area contributed by atoms with Gasteiger partial charge in [0.2, 0.25) is 11.8 Å². The first kappa shape index (κ1) is 32.4. The minimum absolute atomic E-state index is 0.158. The first-order valence-corrected chi connectivity index (χ1v) is 16.0. The van der Waals surface area contributed by atoms with Gasteiger partial charge in [0.25, 0.3) is 0 Å². The summed E-state index contributed by atoms with van der Waals surface area (Å²) in [7, 11) is 0. The smallest absolute Gasteiger partial charge is 0.241 e. The van der Waals surface area contributed by atoms with Crippen molar-refractivity contribution < 1.29 is 9.59 Å². The van der Waals surface area contributed by atoms with Crippen LogP contribution >= 0.6 is 0 Å². The van der Waals surface area contributed by atoms with Gasteiger partial charge in [-0.15, -0.1) is 0 Å². The standard InChI is InChI=1S/C38H38N8O2/c1-27(37(47)43-33-17-7-11-29-13-9-21-41-35(29)33)45(25-31-15-3-5-19-39-31)23-24-46(26-32-16-4-6-20-40-32)28(2)38(48)44-34-18-8-12-30-14-10-22-42-36(30)34/h3-22,27-28H,23-26H2,1-2H3,(H,43,47)(H,44,48)/t27-,28-/m0/s1. The Morgan fingerprint density at radius 1 is 0.542 bits per heavy atom. The maximum Gasteiger partial charge on any atom is 0.241 e. The first-order chi connectivity index (χ1) is 23.5. The zero-order chi connectivity index (χ0) is 33.3. The van der Waals surface area contributed by atoms with E-state index in [0.29, 0.717) is 37.6 Å². The highest BCUT2D eigenvalue weighted by atomic mass is 16.2. The van der Waals surface area contributed by atoms with E-state index in [2.05, 4.69) is 40.4 Å². The number of aromatic nitrogens is 4. The molecule has 6 rings (SSSR count). The number of pyridine rings is 4. The van der Waals surface area contributed by atoms with E-state index >= 15 is 0 Å². The van der Waals surface area contributed by atoms with Crippen LogP contribution in [0.1, 0.15) is 25.2 Å². The van der Waals surface area contributed by atoms with Gasteiger partial charge in [0.05, 0.1) is 45.9 Å². The Bertz CT molecular complexity index is 1830. The van der Waals surface area contributed by atoms with Crippen LogP contribution in [0.4, 0.5) is 11.4 Å². The van der Waals surface area contributed by atoms with E-state index in [9.17, 15) is 9.59 Å². The van der Waals surface area contributed by atoms with Crippen LogP contribution in [0.25, 0.3) is 21.8 Å². The van der Waals surface area contributed by atoms with Crippen LogP contribution in [0, 0.1) is 0 Å². The van der Waals surface area contributed by atoms with E-state index < -0.39 is 12.1 Å². The molecule has 10 heteroatoms. The minimum atomic E-state index is -0.520. The SMILES string of the molecule is C[C@@H](C(=O)Nc1cccc2cccnc12)N(CCN(Cc1ccccn1)[C@@H](C)C(=O)Nc1cccc2cccnc12)Cc1ccccn1. The molecule has 242 valence electrons. The largest absolute Gasteiger partial charge is 0.323 e. The van der Waals surface area contributed by atoms with Crippen molar-refractivity contribution in [3.8, 4) is 0 Å². The molecule has 0 fully saturated rings. The van der Waals surface area contributed by atoms with Gasteiger partial charge in [-0.1, -0.05) is 48.5 Å². The molecule has 0 bridgehead atoms. The quantitative estimate of drug-likeness (QED) is 0.160. The average molecular weight is 639 g/mol. The zero-order valence-corrected chi connectivity index (χ0v) is 27.0. The van der Waals surface area contributed by atoms with Gasteiger partial charge in [-0.05, 0) is 62.4 Å². The molecule has 2 atom stereocenters. The topological polar surface area (TPSA) is 116 Å². The third-order valence-electron chi connectivity index (χ3n) is 8.49. The molecule has 4 heterocycles. The second-order valence-electron chi connectivity index (χ2n) is 11.7. The van der Waals surface area contributed by atoms with Crippen molar-refractivity contribution >= 4 is 45.0 Å². The number of nitrogens with one attached hydrogen (secondary N) is 2. The maximum atomic E-state index is 13.8. The lowest BCUT2D eigenvalue weighted by atomic mass is 10.1. The summed E-state index contributed by atoms with van der Waals surface area (Å²) in [6, 6.07) is 29.7. The van der Waals surface area contributed by atoms with E-state index in [-0.39, 0.29) is 11.8 Å². The lowest BCUT2D eigenvalue weighted by Gasteiger charge is -2.33. The molecule has 6 aromatic rings. The van der Waals surface area contributed by atoms with Crippen molar-refractivity contribution in [3.05, 3.63) is 133 Å². The number of anilines is 2. The van der Waals surface area contributed by atoms with Crippen LogP contribution in [0.15, 0.2) is 122 Å². The molecule has 2 aromatic carbocycles. The summed E-state index contributed by atoms with van der Waals surface area (Å²) in [5.41, 5.74) is 4.48. The lowest BCUT2D eigenvalue weighted by Crippen LogP contribution is -2.48. The third kappa shape index (κ3) is 7.86. The van der Waals surface area contributed by atoms with E-state index in [1.807, 2.05) is 111 Å². The molecular formula is C38H38N8O2. The number of amides is 2. The molecule has 2 N–H and O–H groups in total. The van der Waals surface area contributed by atoms with Gasteiger partial charge < -0.3 is 10.6 Å². The Morgan fingerprint density at radius 2 is 0.958 bits per heavy atom. The molecule has 0 saturated carbocycles. The van der Waals surface area contributed by atoms with Crippen LogP contribution in [-0.4, -0.2) is 66.7 Å². The van der Waals surface area contributed by atoms with Crippen LogP contribution in [0.5, 0.6) is 0 Å². The molecule has 0 aliphatic heterocycles. The molecule has 0 radical (unpaired) electrons. The molecule has 48 heavy (non-hydrogen) atoms. The molecule has 0 saturated heterocycles. The molecular weight excluding hydrogens is 600 g/mol. The summed E-state index contributed by atoms with van der Waals surface area (Å²) >= 11 is 0. The number of para-hydroxylation sites is 2. The number of nitrogens with zero attached hydrogens (tertiary/aromatic N) is 6. The van der Waals surface area contributed by atoms with Crippen molar-refractivity contribution in [3.63, 3.8) is 0 Å². The van der Waals surface area contributed by atoms with Crippen LogP contribution < -0.4 is 10.6 Å². The van der Waals surface area contributed by atoms with Crippen molar-refractivity contribution in [1.82, 2.24) is 29.7 Å². The summed E-state index contributed by atoms with van der Waals surface area (Å²) in [6.07, 6.45) is 6.95. The van der Waals surface area contributed by atoms with E-state index in [0.717, 1.165) is 33.2 Å². The van der Waals surface area contributed by atoms with Gasteiger partial charge >= 0.3 is 0 Å². The van der Waals surface area contributed by atoms with Crippen LogP contribution in [-0.2, 0) is 22.7 Å². The normalized spacial score (nSPS) is 12.7.